The highest BCUT2D eigenvalue weighted by molar-refractivity contribution is 5.72. The van der Waals surface area contributed by atoms with E-state index in [1.807, 2.05) is 4.90 Å². The second kappa shape index (κ2) is 5.11. The zero-order valence-electron chi connectivity index (χ0n) is 9.27. The number of hydrogen-bond donors (Lipinski definition) is 1. The van der Waals surface area contributed by atoms with Crippen LogP contribution in [0.15, 0.2) is 0 Å². The summed E-state index contributed by atoms with van der Waals surface area (Å²) in [5, 5.41) is 8.62. The number of amides is 1. The normalized spacial score (nSPS) is 21.6. The van der Waals surface area contributed by atoms with Crippen molar-refractivity contribution >= 4 is 11.9 Å². The molecule has 0 aliphatic carbocycles. The summed E-state index contributed by atoms with van der Waals surface area (Å²) in [6.45, 7) is 3.99. The molecule has 0 saturated carbocycles. The summed E-state index contributed by atoms with van der Waals surface area (Å²) in [5.74, 6) is -0.305. The Morgan fingerprint density at radius 1 is 1.53 bits per heavy atom. The number of carboxylic acids is 1. The van der Waals surface area contributed by atoms with Crippen LogP contribution in [-0.4, -0.2) is 60.0 Å². The summed E-state index contributed by atoms with van der Waals surface area (Å²) in [4.78, 5) is 25.1. The maximum Gasteiger partial charge on any atom is 0.317 e. The molecule has 0 bridgehead atoms. The Bertz CT molecular complexity index is 255. The molecule has 1 heterocycles. The van der Waals surface area contributed by atoms with Crippen molar-refractivity contribution in [3.05, 3.63) is 0 Å². The molecule has 1 fully saturated rings. The number of carbonyl (C=O) groups excluding carboxylic acids is 1. The molecular formula is C10H18N2O3. The van der Waals surface area contributed by atoms with E-state index in [2.05, 4.69) is 0 Å². The van der Waals surface area contributed by atoms with Gasteiger partial charge in [0.15, 0.2) is 0 Å². The summed E-state index contributed by atoms with van der Waals surface area (Å²) < 4.78 is 0. The molecule has 0 aromatic heterocycles. The zero-order valence-corrected chi connectivity index (χ0v) is 9.27. The monoisotopic (exact) mass is 214 g/mol. The van der Waals surface area contributed by atoms with Crippen LogP contribution in [0.2, 0.25) is 0 Å². The molecule has 0 radical (unpaired) electrons. The molecule has 1 atom stereocenters. The third kappa shape index (κ3) is 3.87. The van der Waals surface area contributed by atoms with Crippen LogP contribution in [0.4, 0.5) is 0 Å². The quantitative estimate of drug-likeness (QED) is 0.708. The number of rotatable bonds is 4. The fourth-order valence-electron chi connectivity index (χ4n) is 1.91. The van der Waals surface area contributed by atoms with Crippen molar-refractivity contribution < 1.29 is 14.7 Å². The minimum Gasteiger partial charge on any atom is -0.480 e. The first-order chi connectivity index (χ1) is 6.99. The summed E-state index contributed by atoms with van der Waals surface area (Å²) in [5.41, 5.74) is 0. The number of carboxylic acid groups (broad SMARTS) is 1. The lowest BCUT2D eigenvalue weighted by Gasteiger charge is -2.19. The van der Waals surface area contributed by atoms with Gasteiger partial charge in [-0.05, 0) is 18.9 Å². The van der Waals surface area contributed by atoms with Gasteiger partial charge >= 0.3 is 5.97 Å². The SMILES string of the molecule is CC(=O)N(C)CC1CCN(CC(=O)O)C1. The van der Waals surface area contributed by atoms with E-state index in [9.17, 15) is 9.59 Å². The molecule has 1 saturated heterocycles. The van der Waals surface area contributed by atoms with E-state index < -0.39 is 5.97 Å². The van der Waals surface area contributed by atoms with Gasteiger partial charge in [0.05, 0.1) is 6.54 Å². The predicted molar refractivity (Wildman–Crippen MR) is 55.5 cm³/mol. The summed E-state index contributed by atoms with van der Waals surface area (Å²) in [6, 6.07) is 0. The van der Waals surface area contributed by atoms with Gasteiger partial charge in [-0.2, -0.15) is 0 Å². The van der Waals surface area contributed by atoms with E-state index in [1.54, 1.807) is 18.9 Å². The fraction of sp³-hybridized carbons (Fsp3) is 0.800. The van der Waals surface area contributed by atoms with Gasteiger partial charge < -0.3 is 10.0 Å². The lowest BCUT2D eigenvalue weighted by atomic mass is 10.1. The van der Waals surface area contributed by atoms with E-state index in [0.29, 0.717) is 5.92 Å². The van der Waals surface area contributed by atoms with Crippen LogP contribution in [0.3, 0.4) is 0 Å². The third-order valence-electron chi connectivity index (χ3n) is 2.80. The average molecular weight is 214 g/mol. The Balaban J connectivity index is 2.30. The molecule has 5 heteroatoms. The molecule has 1 aliphatic rings. The molecular weight excluding hydrogens is 196 g/mol. The standard InChI is InChI=1S/C10H18N2O3/c1-8(13)11(2)5-9-3-4-12(6-9)7-10(14)15/h9H,3-7H2,1-2H3,(H,14,15). The number of likely N-dealkylation sites (tertiary alicyclic amines) is 1. The van der Waals surface area contributed by atoms with E-state index in [1.165, 1.54) is 0 Å². The van der Waals surface area contributed by atoms with Crippen molar-refractivity contribution in [1.29, 1.82) is 0 Å². The van der Waals surface area contributed by atoms with Gasteiger partial charge in [-0.15, -0.1) is 0 Å². The van der Waals surface area contributed by atoms with Crippen LogP contribution in [0.5, 0.6) is 0 Å². The molecule has 86 valence electrons. The van der Waals surface area contributed by atoms with Crippen LogP contribution < -0.4 is 0 Å². The van der Waals surface area contributed by atoms with Crippen molar-refractivity contribution in [3.8, 4) is 0 Å². The van der Waals surface area contributed by atoms with Gasteiger partial charge in [0, 0.05) is 27.1 Å². The first kappa shape index (κ1) is 12.0. The summed E-state index contributed by atoms with van der Waals surface area (Å²) >= 11 is 0. The lowest BCUT2D eigenvalue weighted by Crippen LogP contribution is -2.32. The van der Waals surface area contributed by atoms with Gasteiger partial charge in [-0.1, -0.05) is 0 Å². The van der Waals surface area contributed by atoms with Gasteiger partial charge in [0.2, 0.25) is 5.91 Å². The van der Waals surface area contributed by atoms with Crippen molar-refractivity contribution in [3.63, 3.8) is 0 Å². The van der Waals surface area contributed by atoms with Crippen LogP contribution in [0.1, 0.15) is 13.3 Å². The summed E-state index contributed by atoms with van der Waals surface area (Å²) in [7, 11) is 1.78. The highest BCUT2D eigenvalue weighted by Gasteiger charge is 2.25. The third-order valence-corrected chi connectivity index (χ3v) is 2.80. The average Bonchev–Trinajstić information content (AvgIpc) is 2.51. The van der Waals surface area contributed by atoms with Crippen LogP contribution >= 0.6 is 0 Å². The van der Waals surface area contributed by atoms with Crippen molar-refractivity contribution in [2.75, 3.05) is 33.2 Å². The zero-order chi connectivity index (χ0) is 11.4. The van der Waals surface area contributed by atoms with Crippen LogP contribution in [-0.2, 0) is 9.59 Å². The van der Waals surface area contributed by atoms with Crippen LogP contribution in [0, 0.1) is 5.92 Å². The molecule has 1 amide bonds. The highest BCUT2D eigenvalue weighted by atomic mass is 16.4. The Morgan fingerprint density at radius 3 is 2.73 bits per heavy atom. The van der Waals surface area contributed by atoms with E-state index in [0.717, 1.165) is 26.1 Å². The number of aliphatic carboxylic acids is 1. The fourth-order valence-corrected chi connectivity index (χ4v) is 1.91. The molecule has 0 aromatic carbocycles. The van der Waals surface area contributed by atoms with Gasteiger partial charge in [-0.3, -0.25) is 14.5 Å². The molecule has 1 rings (SSSR count). The molecule has 5 nitrogen and oxygen atoms in total. The Hall–Kier alpha value is -1.10. The predicted octanol–water partition coefficient (Wildman–Crippen LogP) is -0.129. The summed E-state index contributed by atoms with van der Waals surface area (Å²) in [6.07, 6.45) is 0.977. The lowest BCUT2D eigenvalue weighted by molar-refractivity contribution is -0.138. The van der Waals surface area contributed by atoms with Gasteiger partial charge in [0.1, 0.15) is 0 Å². The van der Waals surface area contributed by atoms with Crippen LogP contribution in [0.25, 0.3) is 0 Å². The molecule has 1 aliphatic heterocycles. The second-order valence-electron chi connectivity index (χ2n) is 4.18. The Morgan fingerprint density at radius 2 is 2.20 bits per heavy atom. The highest BCUT2D eigenvalue weighted by Crippen LogP contribution is 2.16. The molecule has 1 N–H and O–H groups in total. The second-order valence-corrected chi connectivity index (χ2v) is 4.18. The van der Waals surface area contributed by atoms with Crippen molar-refractivity contribution in [1.82, 2.24) is 9.80 Å². The topological polar surface area (TPSA) is 60.9 Å². The smallest absolute Gasteiger partial charge is 0.317 e. The molecule has 0 spiro atoms. The molecule has 0 aromatic rings. The minimum absolute atomic E-state index is 0.0617. The molecule has 1 unspecified atom stereocenters. The van der Waals surface area contributed by atoms with E-state index in [-0.39, 0.29) is 12.5 Å². The van der Waals surface area contributed by atoms with Crippen molar-refractivity contribution in [2.45, 2.75) is 13.3 Å². The van der Waals surface area contributed by atoms with Gasteiger partial charge in [0.25, 0.3) is 0 Å². The first-order valence-corrected chi connectivity index (χ1v) is 5.15. The maximum atomic E-state index is 11.0. The van der Waals surface area contributed by atoms with E-state index in [4.69, 9.17) is 5.11 Å². The first-order valence-electron chi connectivity index (χ1n) is 5.15. The number of carbonyl (C=O) groups is 2. The number of hydrogen-bond acceptors (Lipinski definition) is 3. The largest absolute Gasteiger partial charge is 0.480 e. The van der Waals surface area contributed by atoms with E-state index >= 15 is 0 Å². The maximum absolute atomic E-state index is 11.0. The Kier molecular flexibility index (Phi) is 4.08. The Labute approximate surface area is 89.7 Å². The van der Waals surface area contributed by atoms with Gasteiger partial charge in [-0.25, -0.2) is 0 Å². The minimum atomic E-state index is -0.782. The van der Waals surface area contributed by atoms with Crippen molar-refractivity contribution in [2.24, 2.45) is 5.92 Å². The number of nitrogens with zero attached hydrogens (tertiary/aromatic N) is 2. The molecule has 15 heavy (non-hydrogen) atoms.